The fourth-order valence-electron chi connectivity index (χ4n) is 2.58. The molecule has 0 radical (unpaired) electrons. The molecule has 1 unspecified atom stereocenters. The summed E-state index contributed by atoms with van der Waals surface area (Å²) in [6.45, 7) is 9.88. The Bertz CT molecular complexity index is 579. The van der Waals surface area contributed by atoms with Crippen molar-refractivity contribution in [3.05, 3.63) is 35.4 Å². The number of amides is 2. The first kappa shape index (κ1) is 21.0. The molecular weight excluding hydrogens is 316 g/mol. The van der Waals surface area contributed by atoms with E-state index in [2.05, 4.69) is 24.4 Å². The van der Waals surface area contributed by atoms with Crippen molar-refractivity contribution in [2.45, 2.75) is 65.5 Å². The van der Waals surface area contributed by atoms with Crippen LogP contribution >= 0.6 is 0 Å². The summed E-state index contributed by atoms with van der Waals surface area (Å²) >= 11 is 0. The molecule has 2 amide bonds. The van der Waals surface area contributed by atoms with Crippen molar-refractivity contribution in [3.63, 3.8) is 0 Å². The van der Waals surface area contributed by atoms with Gasteiger partial charge in [0.15, 0.2) is 0 Å². The zero-order chi connectivity index (χ0) is 19.0. The molecule has 0 aliphatic heterocycles. The highest BCUT2D eigenvalue weighted by Crippen LogP contribution is 2.11. The largest absolute Gasteiger partial charge is 0.444 e. The Labute approximate surface area is 151 Å². The van der Waals surface area contributed by atoms with Crippen LogP contribution in [-0.2, 0) is 16.0 Å². The van der Waals surface area contributed by atoms with Crippen LogP contribution < -0.4 is 5.32 Å². The smallest absolute Gasteiger partial charge is 0.407 e. The number of nitrogens with zero attached hydrogens (tertiary/aromatic N) is 1. The van der Waals surface area contributed by atoms with Gasteiger partial charge in [0.05, 0.1) is 0 Å². The maximum atomic E-state index is 12.3. The molecule has 1 N–H and O–H groups in total. The number of hydrogen-bond acceptors (Lipinski definition) is 3. The van der Waals surface area contributed by atoms with Gasteiger partial charge in [0, 0.05) is 26.1 Å². The van der Waals surface area contributed by atoms with Gasteiger partial charge >= 0.3 is 6.09 Å². The number of benzene rings is 1. The van der Waals surface area contributed by atoms with E-state index in [1.54, 1.807) is 11.9 Å². The van der Waals surface area contributed by atoms with E-state index in [0.717, 1.165) is 12.8 Å². The second-order valence-corrected chi connectivity index (χ2v) is 7.60. The van der Waals surface area contributed by atoms with E-state index in [4.69, 9.17) is 4.74 Å². The Hall–Kier alpha value is -2.04. The Morgan fingerprint density at radius 2 is 1.88 bits per heavy atom. The standard InChI is InChI=1S/C20H32N2O3/c1-15-10-7-8-11-17(15)12-9-13-18(23)22(6)14-16(2)21-19(24)25-20(3,4)5/h7-8,10-11,16H,9,12-14H2,1-6H3,(H,21,24). The van der Waals surface area contributed by atoms with Gasteiger partial charge in [0.1, 0.15) is 5.60 Å². The molecule has 0 spiro atoms. The van der Waals surface area contributed by atoms with Crippen LogP contribution in [0.2, 0.25) is 0 Å². The number of ether oxygens (including phenoxy) is 1. The van der Waals surface area contributed by atoms with Gasteiger partial charge in [-0.3, -0.25) is 4.79 Å². The molecule has 5 heteroatoms. The van der Waals surface area contributed by atoms with E-state index < -0.39 is 11.7 Å². The molecule has 0 fully saturated rings. The van der Waals surface area contributed by atoms with Crippen LogP contribution in [0.3, 0.4) is 0 Å². The zero-order valence-electron chi connectivity index (χ0n) is 16.4. The van der Waals surface area contributed by atoms with Crippen molar-refractivity contribution in [1.82, 2.24) is 10.2 Å². The van der Waals surface area contributed by atoms with E-state index >= 15 is 0 Å². The lowest BCUT2D eigenvalue weighted by molar-refractivity contribution is -0.130. The normalized spacial score (nSPS) is 12.4. The molecule has 1 aromatic carbocycles. The first-order valence-corrected chi connectivity index (χ1v) is 8.86. The van der Waals surface area contributed by atoms with E-state index in [1.165, 1.54) is 11.1 Å². The minimum Gasteiger partial charge on any atom is -0.444 e. The highest BCUT2D eigenvalue weighted by Gasteiger charge is 2.19. The van der Waals surface area contributed by atoms with Crippen LogP contribution in [0, 0.1) is 6.92 Å². The third-order valence-corrected chi connectivity index (χ3v) is 3.83. The average molecular weight is 348 g/mol. The molecule has 0 heterocycles. The monoisotopic (exact) mass is 348 g/mol. The maximum absolute atomic E-state index is 12.3. The minimum absolute atomic E-state index is 0.0893. The quantitative estimate of drug-likeness (QED) is 0.817. The Kier molecular flexibility index (Phi) is 7.94. The molecule has 1 rings (SSSR count). The summed E-state index contributed by atoms with van der Waals surface area (Å²) in [6, 6.07) is 8.08. The topological polar surface area (TPSA) is 58.6 Å². The van der Waals surface area contributed by atoms with Crippen molar-refractivity contribution in [1.29, 1.82) is 0 Å². The summed E-state index contributed by atoms with van der Waals surface area (Å²) in [5, 5.41) is 2.76. The van der Waals surface area contributed by atoms with Crippen LogP contribution in [0.25, 0.3) is 0 Å². The first-order valence-electron chi connectivity index (χ1n) is 8.86. The third-order valence-electron chi connectivity index (χ3n) is 3.83. The number of hydrogen-bond donors (Lipinski definition) is 1. The van der Waals surface area contributed by atoms with Gasteiger partial charge in [-0.05, 0) is 58.6 Å². The van der Waals surface area contributed by atoms with E-state index in [0.29, 0.717) is 13.0 Å². The van der Waals surface area contributed by atoms with E-state index in [9.17, 15) is 9.59 Å². The lowest BCUT2D eigenvalue weighted by atomic mass is 10.0. The molecule has 0 aliphatic rings. The summed E-state index contributed by atoms with van der Waals surface area (Å²) in [5.74, 6) is 0.0893. The molecule has 1 aromatic rings. The lowest BCUT2D eigenvalue weighted by Gasteiger charge is -2.25. The van der Waals surface area contributed by atoms with Gasteiger partial charge in [-0.25, -0.2) is 4.79 Å². The number of aryl methyl sites for hydroxylation is 2. The van der Waals surface area contributed by atoms with Gasteiger partial charge in [-0.15, -0.1) is 0 Å². The molecule has 0 aromatic heterocycles. The van der Waals surface area contributed by atoms with Gasteiger partial charge in [-0.1, -0.05) is 24.3 Å². The van der Waals surface area contributed by atoms with Crippen LogP contribution in [0.4, 0.5) is 4.79 Å². The summed E-state index contributed by atoms with van der Waals surface area (Å²) in [7, 11) is 1.77. The highest BCUT2D eigenvalue weighted by atomic mass is 16.6. The summed E-state index contributed by atoms with van der Waals surface area (Å²) in [6.07, 6.45) is 1.77. The van der Waals surface area contributed by atoms with Crippen molar-refractivity contribution >= 4 is 12.0 Å². The maximum Gasteiger partial charge on any atom is 0.407 e. The molecule has 25 heavy (non-hydrogen) atoms. The summed E-state index contributed by atoms with van der Waals surface area (Å²) < 4.78 is 5.22. The number of alkyl carbamates (subject to hydrolysis) is 1. The summed E-state index contributed by atoms with van der Waals surface area (Å²) in [4.78, 5) is 25.7. The number of carbonyl (C=O) groups excluding carboxylic acids is 2. The minimum atomic E-state index is -0.527. The molecule has 0 bridgehead atoms. The molecule has 0 saturated carbocycles. The molecule has 0 aliphatic carbocycles. The Morgan fingerprint density at radius 1 is 1.24 bits per heavy atom. The van der Waals surface area contributed by atoms with E-state index in [1.807, 2.05) is 39.8 Å². The van der Waals surface area contributed by atoms with Crippen molar-refractivity contribution in [2.24, 2.45) is 0 Å². The number of nitrogens with one attached hydrogen (secondary N) is 1. The van der Waals surface area contributed by atoms with Gasteiger partial charge in [-0.2, -0.15) is 0 Å². The summed E-state index contributed by atoms with van der Waals surface area (Å²) in [5.41, 5.74) is 2.03. The van der Waals surface area contributed by atoms with Crippen LogP contribution in [0.1, 0.15) is 51.7 Å². The first-order chi connectivity index (χ1) is 11.6. The van der Waals surface area contributed by atoms with Crippen LogP contribution in [0.5, 0.6) is 0 Å². The van der Waals surface area contributed by atoms with E-state index in [-0.39, 0.29) is 11.9 Å². The number of likely N-dealkylation sites (N-methyl/N-ethyl adjacent to an activating group) is 1. The predicted molar refractivity (Wildman–Crippen MR) is 101 cm³/mol. The van der Waals surface area contributed by atoms with Gasteiger partial charge in [0.2, 0.25) is 5.91 Å². The average Bonchev–Trinajstić information content (AvgIpc) is 2.46. The molecule has 1 atom stereocenters. The van der Waals surface area contributed by atoms with Crippen molar-refractivity contribution in [2.75, 3.05) is 13.6 Å². The van der Waals surface area contributed by atoms with Crippen LogP contribution in [-0.4, -0.2) is 42.1 Å². The second kappa shape index (κ2) is 9.44. The molecule has 0 saturated heterocycles. The number of rotatable bonds is 7. The Morgan fingerprint density at radius 3 is 2.48 bits per heavy atom. The molecular formula is C20H32N2O3. The van der Waals surface area contributed by atoms with Crippen molar-refractivity contribution < 1.29 is 14.3 Å². The van der Waals surface area contributed by atoms with Gasteiger partial charge < -0.3 is 15.0 Å². The second-order valence-electron chi connectivity index (χ2n) is 7.60. The van der Waals surface area contributed by atoms with Gasteiger partial charge in [0.25, 0.3) is 0 Å². The SMILES string of the molecule is Cc1ccccc1CCCC(=O)N(C)CC(C)NC(=O)OC(C)(C)C. The lowest BCUT2D eigenvalue weighted by Crippen LogP contribution is -2.44. The third kappa shape index (κ3) is 8.57. The fraction of sp³-hybridized carbons (Fsp3) is 0.600. The zero-order valence-corrected chi connectivity index (χ0v) is 16.4. The predicted octanol–water partition coefficient (Wildman–Crippen LogP) is 3.69. The van der Waals surface area contributed by atoms with Crippen LogP contribution in [0.15, 0.2) is 24.3 Å². The van der Waals surface area contributed by atoms with Crippen molar-refractivity contribution in [3.8, 4) is 0 Å². The molecule has 140 valence electrons. The number of carbonyl (C=O) groups is 2. The molecule has 5 nitrogen and oxygen atoms in total. The fourth-order valence-corrected chi connectivity index (χ4v) is 2.58. The Balaban J connectivity index is 2.33. The highest BCUT2D eigenvalue weighted by molar-refractivity contribution is 5.76.